The number of amides is 1. The van der Waals surface area contributed by atoms with Gasteiger partial charge in [0.05, 0.1) is 37.9 Å². The molecule has 1 amide bonds. The molecule has 0 atom stereocenters. The molecule has 1 aliphatic heterocycles. The number of anilines is 1. The van der Waals surface area contributed by atoms with E-state index in [0.29, 0.717) is 29.0 Å². The van der Waals surface area contributed by atoms with Crippen molar-refractivity contribution in [2.24, 2.45) is 0 Å². The predicted molar refractivity (Wildman–Crippen MR) is 140 cm³/mol. The molecule has 0 unspecified atom stereocenters. The maximum Gasteiger partial charge on any atom is 0.234 e. The molecule has 7 nitrogen and oxygen atoms in total. The number of thiophene rings is 1. The number of nitrogens with one attached hydrogen (secondary N) is 1. The molecule has 0 saturated carbocycles. The minimum atomic E-state index is -0.239. The summed E-state index contributed by atoms with van der Waals surface area (Å²) < 4.78 is 16.7. The third kappa shape index (κ3) is 5.62. The van der Waals surface area contributed by atoms with Crippen LogP contribution in [0.2, 0.25) is 0 Å². The number of methoxy groups -OCH3 is 2. The Hall–Kier alpha value is -2.01. The van der Waals surface area contributed by atoms with E-state index in [0.717, 1.165) is 26.8 Å². The van der Waals surface area contributed by atoms with E-state index in [2.05, 4.69) is 33.0 Å². The molecule has 34 heavy (non-hydrogen) atoms. The van der Waals surface area contributed by atoms with Crippen LogP contribution in [0.3, 0.4) is 0 Å². The number of fused-ring (bicyclic) bond motifs is 3. The molecule has 1 aliphatic rings. The number of nitrogens with zero attached hydrogens (tertiary/aromatic N) is 2. The number of carbonyl (C=O) groups excluding carboxylic acids is 1. The van der Waals surface area contributed by atoms with E-state index in [1.54, 1.807) is 55.5 Å². The molecule has 3 heterocycles. The summed E-state index contributed by atoms with van der Waals surface area (Å²) in [6.07, 6.45) is 0.797. The van der Waals surface area contributed by atoms with Gasteiger partial charge in [-0.05, 0) is 31.5 Å². The van der Waals surface area contributed by atoms with Crippen LogP contribution in [0.4, 0.5) is 5.69 Å². The Balaban J connectivity index is 1.60. The van der Waals surface area contributed by atoms with E-state index < -0.39 is 0 Å². The van der Waals surface area contributed by atoms with Gasteiger partial charge in [0.15, 0.2) is 5.16 Å². The highest BCUT2D eigenvalue weighted by Crippen LogP contribution is 2.42. The van der Waals surface area contributed by atoms with E-state index >= 15 is 0 Å². The topological polar surface area (TPSA) is 82.6 Å². The minimum Gasteiger partial charge on any atom is -0.497 e. The first kappa shape index (κ1) is 25.1. The maximum absolute atomic E-state index is 12.9. The summed E-state index contributed by atoms with van der Waals surface area (Å²) in [7, 11) is 3.16. The smallest absolute Gasteiger partial charge is 0.234 e. The summed E-state index contributed by atoms with van der Waals surface area (Å²) in [5.41, 5.74) is 1.61. The van der Waals surface area contributed by atoms with E-state index in [9.17, 15) is 4.79 Å². The van der Waals surface area contributed by atoms with E-state index in [4.69, 9.17) is 24.2 Å². The van der Waals surface area contributed by atoms with Gasteiger partial charge in [0.25, 0.3) is 0 Å². The van der Waals surface area contributed by atoms with Gasteiger partial charge in [-0.15, -0.1) is 11.3 Å². The summed E-state index contributed by atoms with van der Waals surface area (Å²) in [6.45, 7) is 9.03. The molecule has 0 fully saturated rings. The molecule has 182 valence electrons. The number of aromatic nitrogens is 2. The van der Waals surface area contributed by atoms with Crippen LogP contribution in [0.15, 0.2) is 28.4 Å². The van der Waals surface area contributed by atoms with E-state index in [1.807, 2.05) is 0 Å². The SMILES string of the molecule is COc1ccc(NC(=O)CSc2nc(SC(C)C)nc3sc4c(c23)CC(C)(C)OC4)c(OC)c1. The van der Waals surface area contributed by atoms with Crippen LogP contribution < -0.4 is 14.8 Å². The second-order valence-corrected chi connectivity index (χ2v) is 12.4. The van der Waals surface area contributed by atoms with E-state index in [1.165, 1.54) is 22.2 Å². The second-order valence-electron chi connectivity index (χ2n) is 8.79. The highest BCUT2D eigenvalue weighted by atomic mass is 32.2. The van der Waals surface area contributed by atoms with E-state index in [-0.39, 0.29) is 17.3 Å². The van der Waals surface area contributed by atoms with Gasteiger partial charge < -0.3 is 19.5 Å². The predicted octanol–water partition coefficient (Wildman–Crippen LogP) is 5.79. The van der Waals surface area contributed by atoms with Gasteiger partial charge in [-0.2, -0.15) is 0 Å². The molecule has 10 heteroatoms. The lowest BCUT2D eigenvalue weighted by Gasteiger charge is -2.30. The first-order valence-electron chi connectivity index (χ1n) is 11.0. The maximum atomic E-state index is 12.9. The molecule has 0 bridgehead atoms. The van der Waals surface area contributed by atoms with Crippen LogP contribution in [0, 0.1) is 0 Å². The fourth-order valence-electron chi connectivity index (χ4n) is 3.68. The van der Waals surface area contributed by atoms with Gasteiger partial charge in [0.2, 0.25) is 5.91 Å². The van der Waals surface area contributed by atoms with Gasteiger partial charge in [0, 0.05) is 28.0 Å². The van der Waals surface area contributed by atoms with Gasteiger partial charge in [-0.1, -0.05) is 37.4 Å². The molecule has 2 aromatic heterocycles. The van der Waals surface area contributed by atoms with Gasteiger partial charge in [0.1, 0.15) is 21.4 Å². The number of carbonyl (C=O) groups is 1. The van der Waals surface area contributed by atoms with Gasteiger partial charge in [-0.25, -0.2) is 9.97 Å². The van der Waals surface area contributed by atoms with Crippen LogP contribution in [-0.2, 0) is 22.6 Å². The highest BCUT2D eigenvalue weighted by Gasteiger charge is 2.31. The van der Waals surface area contributed by atoms with Crippen molar-refractivity contribution >= 4 is 56.7 Å². The lowest BCUT2D eigenvalue weighted by molar-refractivity contribution is -0.113. The van der Waals surface area contributed by atoms with Gasteiger partial charge >= 0.3 is 0 Å². The molecule has 1 aromatic carbocycles. The zero-order valence-corrected chi connectivity index (χ0v) is 22.6. The highest BCUT2D eigenvalue weighted by molar-refractivity contribution is 8.00. The van der Waals surface area contributed by atoms with Crippen molar-refractivity contribution < 1.29 is 19.0 Å². The third-order valence-electron chi connectivity index (χ3n) is 5.24. The fourth-order valence-corrected chi connectivity index (χ4v) is 6.53. The Labute approximate surface area is 212 Å². The van der Waals surface area contributed by atoms with Crippen molar-refractivity contribution in [2.75, 3.05) is 25.3 Å². The summed E-state index contributed by atoms with van der Waals surface area (Å²) in [4.78, 5) is 24.7. The standard InChI is InChI=1S/C24H29N3O4S3/c1-13(2)33-23-26-21(20-15-10-24(3,4)31-11-18(15)34-22(20)27-23)32-12-19(28)25-16-8-7-14(29-5)9-17(16)30-6/h7-9,13H,10-12H2,1-6H3,(H,25,28). The lowest BCUT2D eigenvalue weighted by Crippen LogP contribution is -2.31. The molecule has 3 aromatic rings. The normalized spacial score (nSPS) is 14.8. The van der Waals surface area contributed by atoms with Crippen LogP contribution >= 0.6 is 34.9 Å². The van der Waals surface area contributed by atoms with Crippen molar-refractivity contribution in [2.45, 2.75) is 61.8 Å². The molecule has 0 radical (unpaired) electrons. The molecular formula is C24H29N3O4S3. The number of rotatable bonds is 8. The Morgan fingerprint density at radius 1 is 1.26 bits per heavy atom. The molecular weight excluding hydrogens is 490 g/mol. The zero-order chi connectivity index (χ0) is 24.5. The molecule has 4 rings (SSSR count). The van der Waals surface area contributed by atoms with Crippen molar-refractivity contribution in [1.29, 1.82) is 0 Å². The second kappa shape index (κ2) is 10.3. The number of thioether (sulfide) groups is 2. The van der Waals surface area contributed by atoms with Gasteiger partial charge in [-0.3, -0.25) is 4.79 Å². The number of ether oxygens (including phenoxy) is 3. The minimum absolute atomic E-state index is 0.133. The summed E-state index contributed by atoms with van der Waals surface area (Å²) in [5.74, 6) is 1.30. The Kier molecular flexibility index (Phi) is 7.61. The van der Waals surface area contributed by atoms with Crippen LogP contribution in [0.1, 0.15) is 38.1 Å². The number of benzene rings is 1. The summed E-state index contributed by atoms with van der Waals surface area (Å²) in [5, 5.41) is 5.94. The lowest BCUT2D eigenvalue weighted by atomic mass is 9.95. The monoisotopic (exact) mass is 519 g/mol. The number of hydrogen-bond donors (Lipinski definition) is 1. The van der Waals surface area contributed by atoms with Crippen LogP contribution in [0.25, 0.3) is 10.2 Å². The largest absolute Gasteiger partial charge is 0.497 e. The van der Waals surface area contributed by atoms with Crippen molar-refractivity contribution in [3.05, 3.63) is 28.6 Å². The molecule has 0 spiro atoms. The average Bonchev–Trinajstić information content (AvgIpc) is 3.13. The third-order valence-corrected chi connectivity index (χ3v) is 8.18. The van der Waals surface area contributed by atoms with Crippen LogP contribution in [0.5, 0.6) is 11.5 Å². The van der Waals surface area contributed by atoms with Crippen molar-refractivity contribution in [3.63, 3.8) is 0 Å². The van der Waals surface area contributed by atoms with Crippen molar-refractivity contribution in [3.8, 4) is 11.5 Å². The molecule has 0 aliphatic carbocycles. The first-order valence-corrected chi connectivity index (χ1v) is 13.6. The molecule has 0 saturated heterocycles. The quantitative estimate of drug-likeness (QED) is 0.227. The number of hydrogen-bond acceptors (Lipinski definition) is 9. The first-order chi connectivity index (χ1) is 16.2. The zero-order valence-electron chi connectivity index (χ0n) is 20.2. The molecule has 1 N–H and O–H groups in total. The van der Waals surface area contributed by atoms with Crippen LogP contribution in [-0.4, -0.2) is 46.7 Å². The Bertz CT molecular complexity index is 1210. The average molecular weight is 520 g/mol. The van der Waals surface area contributed by atoms with Crippen molar-refractivity contribution in [1.82, 2.24) is 9.97 Å². The summed E-state index contributed by atoms with van der Waals surface area (Å²) in [6, 6.07) is 5.31. The fraction of sp³-hybridized carbons (Fsp3) is 0.458. The Morgan fingerprint density at radius 2 is 2.06 bits per heavy atom. The Morgan fingerprint density at radius 3 is 2.76 bits per heavy atom. The summed E-state index contributed by atoms with van der Waals surface area (Å²) >= 11 is 4.74.